The first-order valence-electron chi connectivity index (χ1n) is 12.5. The number of benzene rings is 2. The van der Waals surface area contributed by atoms with Gasteiger partial charge in [-0.2, -0.15) is 4.98 Å². The van der Waals surface area contributed by atoms with E-state index in [-0.39, 0.29) is 28.7 Å². The van der Waals surface area contributed by atoms with Crippen LogP contribution >= 0.6 is 0 Å². The van der Waals surface area contributed by atoms with Crippen molar-refractivity contribution in [3.63, 3.8) is 0 Å². The monoisotopic (exact) mass is 510 g/mol. The fourth-order valence-electron chi connectivity index (χ4n) is 5.54. The van der Waals surface area contributed by atoms with E-state index in [4.69, 9.17) is 4.74 Å². The first-order chi connectivity index (χ1) is 17.8. The minimum Gasteiger partial charge on any atom is -0.508 e. The van der Waals surface area contributed by atoms with Gasteiger partial charge in [0.2, 0.25) is 5.88 Å². The predicted molar refractivity (Wildman–Crippen MR) is 137 cm³/mol. The average Bonchev–Trinajstić information content (AvgIpc) is 3.45. The molecule has 6 nitrogen and oxygen atoms in total. The molecule has 2 aromatic heterocycles. The second-order valence-corrected chi connectivity index (χ2v) is 9.56. The number of aryl methyl sites for hydroxylation is 2. The molecule has 0 saturated carbocycles. The Kier molecular flexibility index (Phi) is 6.90. The molecule has 2 unspecified atom stereocenters. The first-order valence-corrected chi connectivity index (χ1v) is 12.5. The van der Waals surface area contributed by atoms with Crippen LogP contribution in [0.15, 0.2) is 30.5 Å². The maximum Gasteiger partial charge on any atom is 0.226 e. The van der Waals surface area contributed by atoms with Gasteiger partial charge >= 0.3 is 0 Å². The number of halogens is 3. The lowest BCUT2D eigenvalue weighted by atomic mass is 9.94. The van der Waals surface area contributed by atoms with E-state index >= 15 is 4.39 Å². The van der Waals surface area contributed by atoms with Gasteiger partial charge in [0, 0.05) is 24.3 Å². The van der Waals surface area contributed by atoms with Crippen molar-refractivity contribution >= 4 is 21.7 Å². The molecule has 2 aliphatic rings. The molecule has 0 aliphatic carbocycles. The zero-order valence-corrected chi connectivity index (χ0v) is 21.1. The van der Waals surface area contributed by atoms with Crippen molar-refractivity contribution in [2.45, 2.75) is 51.7 Å². The summed E-state index contributed by atoms with van der Waals surface area (Å²) in [4.78, 5) is 14.9. The third-order valence-electron chi connectivity index (χ3n) is 7.18. The van der Waals surface area contributed by atoms with Crippen molar-refractivity contribution in [1.82, 2.24) is 19.9 Å². The number of aromatic hydroxyl groups is 1. The highest BCUT2D eigenvalue weighted by molar-refractivity contribution is 6.01. The predicted octanol–water partition coefficient (Wildman–Crippen LogP) is 5.90. The SMILES string of the molecule is CCc1c(F)ccc2cc(O)cc(-c3ncc4c(OC)nc(C)nc4c3F)c12.FC1CC2CCCN2C1. The number of alkyl halides is 1. The normalized spacial score (nSPS) is 19.2. The summed E-state index contributed by atoms with van der Waals surface area (Å²) in [7, 11) is 1.44. The molecule has 2 fully saturated rings. The van der Waals surface area contributed by atoms with Gasteiger partial charge < -0.3 is 9.84 Å². The van der Waals surface area contributed by atoms with E-state index in [9.17, 15) is 13.9 Å². The molecule has 37 heavy (non-hydrogen) atoms. The quantitative estimate of drug-likeness (QED) is 0.370. The zero-order valence-electron chi connectivity index (χ0n) is 21.1. The van der Waals surface area contributed by atoms with E-state index in [1.54, 1.807) is 13.0 Å². The summed E-state index contributed by atoms with van der Waals surface area (Å²) >= 11 is 0. The van der Waals surface area contributed by atoms with Crippen molar-refractivity contribution in [2.24, 2.45) is 0 Å². The van der Waals surface area contributed by atoms with Gasteiger partial charge in [-0.15, -0.1) is 0 Å². The Bertz CT molecular complexity index is 1470. The van der Waals surface area contributed by atoms with Gasteiger partial charge in [-0.05, 0) is 73.7 Å². The molecule has 0 bridgehead atoms. The van der Waals surface area contributed by atoms with Crippen LogP contribution in [0.3, 0.4) is 0 Å². The Morgan fingerprint density at radius 3 is 2.73 bits per heavy atom. The molecule has 0 radical (unpaired) electrons. The third kappa shape index (κ3) is 4.68. The van der Waals surface area contributed by atoms with Crippen LogP contribution in [0.1, 0.15) is 37.6 Å². The summed E-state index contributed by atoms with van der Waals surface area (Å²) < 4.78 is 47.7. The molecule has 4 heterocycles. The van der Waals surface area contributed by atoms with Crippen molar-refractivity contribution in [3.8, 4) is 22.9 Å². The van der Waals surface area contributed by atoms with Crippen LogP contribution < -0.4 is 4.74 Å². The summed E-state index contributed by atoms with van der Waals surface area (Å²) in [5.74, 6) is -0.556. The van der Waals surface area contributed by atoms with Crippen molar-refractivity contribution < 1.29 is 23.0 Å². The van der Waals surface area contributed by atoms with Crippen LogP contribution in [-0.4, -0.2) is 57.4 Å². The van der Waals surface area contributed by atoms with E-state index in [0.29, 0.717) is 52.1 Å². The lowest BCUT2D eigenvalue weighted by molar-refractivity contribution is 0.292. The lowest BCUT2D eigenvalue weighted by Gasteiger charge is -2.14. The summed E-state index contributed by atoms with van der Waals surface area (Å²) in [5.41, 5.74) is 0.778. The number of phenolic OH excluding ortho intramolecular Hbond substituents is 1. The number of rotatable bonds is 3. The second-order valence-electron chi connectivity index (χ2n) is 9.56. The standard InChI is InChI=1S/C21H17F2N3O2.C7H12FN/c1-4-13-16(22)6-5-11-7-12(27)8-14(17(11)13)19-18(23)20-15(9-24-19)21(28-3)26-10(2)25-20;8-6-4-7-2-1-3-9(7)5-6/h5-9,27H,4H2,1-3H3;6-7H,1-5H2. The molecular formula is C28H29F3N4O2. The number of phenols is 1. The highest BCUT2D eigenvalue weighted by Gasteiger charge is 2.34. The average molecular weight is 511 g/mol. The maximum atomic E-state index is 15.5. The number of hydrogen-bond acceptors (Lipinski definition) is 6. The van der Waals surface area contributed by atoms with Crippen LogP contribution in [0.2, 0.25) is 0 Å². The number of nitrogens with zero attached hydrogens (tertiary/aromatic N) is 4. The van der Waals surface area contributed by atoms with Gasteiger partial charge in [0.25, 0.3) is 0 Å². The first kappa shape index (κ1) is 25.2. The number of hydrogen-bond donors (Lipinski definition) is 1. The Morgan fingerprint density at radius 1 is 1.19 bits per heavy atom. The number of ether oxygens (including phenoxy) is 1. The number of aromatic nitrogens is 3. The van der Waals surface area contributed by atoms with Crippen LogP contribution in [-0.2, 0) is 6.42 Å². The van der Waals surface area contributed by atoms with Gasteiger partial charge in [-0.3, -0.25) is 9.88 Å². The van der Waals surface area contributed by atoms with E-state index in [1.165, 1.54) is 44.3 Å². The molecule has 9 heteroatoms. The maximum absolute atomic E-state index is 15.5. The molecule has 2 aromatic carbocycles. The molecule has 6 rings (SSSR count). The number of fused-ring (bicyclic) bond motifs is 3. The Morgan fingerprint density at radius 2 is 2.00 bits per heavy atom. The molecule has 1 N–H and O–H groups in total. The number of pyridine rings is 1. The molecule has 0 spiro atoms. The topological polar surface area (TPSA) is 71.4 Å². The van der Waals surface area contributed by atoms with Crippen molar-refractivity contribution in [2.75, 3.05) is 20.2 Å². The van der Waals surface area contributed by atoms with E-state index in [2.05, 4.69) is 19.9 Å². The minimum atomic E-state index is -0.681. The molecule has 2 aliphatic heterocycles. The summed E-state index contributed by atoms with van der Waals surface area (Å²) in [6.07, 6.45) is 4.64. The van der Waals surface area contributed by atoms with E-state index in [1.807, 2.05) is 6.92 Å². The van der Waals surface area contributed by atoms with Crippen LogP contribution in [0.4, 0.5) is 13.2 Å². The third-order valence-corrected chi connectivity index (χ3v) is 7.18. The fraction of sp³-hybridized carbons (Fsp3) is 0.393. The van der Waals surface area contributed by atoms with E-state index in [0.717, 1.165) is 13.0 Å². The summed E-state index contributed by atoms with van der Waals surface area (Å²) in [6, 6.07) is 6.42. The Balaban J connectivity index is 0.000000260. The fourth-order valence-corrected chi connectivity index (χ4v) is 5.54. The van der Waals surface area contributed by atoms with Gasteiger partial charge in [0.1, 0.15) is 34.8 Å². The smallest absolute Gasteiger partial charge is 0.226 e. The lowest BCUT2D eigenvalue weighted by Crippen LogP contribution is -2.22. The minimum absolute atomic E-state index is 0.0196. The van der Waals surface area contributed by atoms with Crippen LogP contribution in [0, 0.1) is 18.6 Å². The summed E-state index contributed by atoms with van der Waals surface area (Å²) in [6.45, 7) is 5.31. The molecule has 2 atom stereocenters. The molecule has 194 valence electrons. The molecule has 0 amide bonds. The molecule has 4 aromatic rings. The molecule has 2 saturated heterocycles. The van der Waals surface area contributed by atoms with Crippen molar-refractivity contribution in [3.05, 3.63) is 53.5 Å². The van der Waals surface area contributed by atoms with Crippen LogP contribution in [0.25, 0.3) is 32.9 Å². The van der Waals surface area contributed by atoms with Gasteiger partial charge in [-0.1, -0.05) is 13.0 Å². The Hall–Kier alpha value is -3.46. The van der Waals surface area contributed by atoms with Crippen molar-refractivity contribution in [1.29, 1.82) is 0 Å². The van der Waals surface area contributed by atoms with Gasteiger partial charge in [-0.25, -0.2) is 18.2 Å². The number of methoxy groups -OCH3 is 1. The Labute approximate surface area is 213 Å². The van der Waals surface area contributed by atoms with Crippen LogP contribution in [0.5, 0.6) is 11.6 Å². The highest BCUT2D eigenvalue weighted by Crippen LogP contribution is 2.38. The van der Waals surface area contributed by atoms with E-state index < -0.39 is 12.0 Å². The van der Waals surface area contributed by atoms with Gasteiger partial charge in [0.15, 0.2) is 5.82 Å². The molecular weight excluding hydrogens is 481 g/mol. The largest absolute Gasteiger partial charge is 0.508 e. The zero-order chi connectivity index (χ0) is 26.3. The van der Waals surface area contributed by atoms with Gasteiger partial charge in [0.05, 0.1) is 12.5 Å². The highest BCUT2D eigenvalue weighted by atomic mass is 19.1. The second kappa shape index (κ2) is 10.1. The summed E-state index contributed by atoms with van der Waals surface area (Å²) in [5, 5.41) is 11.6.